The predicted octanol–water partition coefficient (Wildman–Crippen LogP) is 3.78. The molecule has 3 rings (SSSR count). The van der Waals surface area contributed by atoms with Crippen LogP contribution in [0.4, 0.5) is 14.5 Å². The van der Waals surface area contributed by atoms with E-state index in [2.05, 4.69) is 15.0 Å². The van der Waals surface area contributed by atoms with Gasteiger partial charge in [-0.3, -0.25) is 9.59 Å². The van der Waals surface area contributed by atoms with Gasteiger partial charge in [0, 0.05) is 38.4 Å². The summed E-state index contributed by atoms with van der Waals surface area (Å²) in [5.74, 6) is -1.01. The summed E-state index contributed by atoms with van der Waals surface area (Å²) in [6.45, 7) is 0.207. The largest absolute Gasteiger partial charge is 0.434 e. The molecule has 0 bridgehead atoms. The molecule has 1 aliphatic heterocycles. The Balaban J connectivity index is 1.57. The molecule has 2 amide bonds. The van der Waals surface area contributed by atoms with Gasteiger partial charge in [-0.2, -0.15) is 8.78 Å². The van der Waals surface area contributed by atoms with E-state index in [9.17, 15) is 18.4 Å². The van der Waals surface area contributed by atoms with E-state index in [0.29, 0.717) is 25.9 Å². The number of ether oxygens (including phenoxy) is 1. The van der Waals surface area contributed by atoms with Crippen molar-refractivity contribution in [3.63, 3.8) is 0 Å². The summed E-state index contributed by atoms with van der Waals surface area (Å²) in [4.78, 5) is 29.4. The Morgan fingerprint density at radius 1 is 1.16 bits per heavy atom. The number of hydrogen-bond acceptors (Lipinski definition) is 4. The first-order chi connectivity index (χ1) is 15.4. The standard InChI is InChI=1S/C24H29F2N3O3/c1-17(28(2)19-10-4-3-5-11-19)15-27-22(30)18-9-8-14-29(16-18)23(31)20-12-6-7-13-21(20)32-24(25)26/h3-7,10-13,17-18,24H,8-9,14-16H2,1-2H3,(H,27,30). The number of carbonyl (C=O) groups excluding carboxylic acids is 2. The molecule has 0 saturated carbocycles. The fourth-order valence-corrected chi connectivity index (χ4v) is 3.84. The molecule has 1 N–H and O–H groups in total. The van der Waals surface area contributed by atoms with E-state index in [4.69, 9.17) is 0 Å². The lowest BCUT2D eigenvalue weighted by atomic mass is 9.96. The third-order valence-electron chi connectivity index (χ3n) is 5.81. The van der Waals surface area contributed by atoms with E-state index >= 15 is 0 Å². The van der Waals surface area contributed by atoms with Gasteiger partial charge in [0.1, 0.15) is 5.75 Å². The molecule has 8 heteroatoms. The molecule has 172 valence electrons. The van der Waals surface area contributed by atoms with Gasteiger partial charge in [-0.15, -0.1) is 0 Å². The van der Waals surface area contributed by atoms with Gasteiger partial charge in [0.2, 0.25) is 5.91 Å². The summed E-state index contributed by atoms with van der Waals surface area (Å²) >= 11 is 0. The van der Waals surface area contributed by atoms with Crippen LogP contribution < -0.4 is 15.0 Å². The van der Waals surface area contributed by atoms with Crippen LogP contribution in [0.25, 0.3) is 0 Å². The molecular formula is C24H29F2N3O3. The molecule has 2 aromatic carbocycles. The average Bonchev–Trinajstić information content (AvgIpc) is 2.82. The second-order valence-electron chi connectivity index (χ2n) is 8.01. The molecule has 1 aliphatic rings. The Labute approximate surface area is 187 Å². The van der Waals surface area contributed by atoms with E-state index in [1.165, 1.54) is 18.2 Å². The van der Waals surface area contributed by atoms with Crippen molar-refractivity contribution < 1.29 is 23.1 Å². The van der Waals surface area contributed by atoms with Crippen LogP contribution >= 0.6 is 0 Å². The number of alkyl halides is 2. The van der Waals surface area contributed by atoms with E-state index in [1.807, 2.05) is 44.3 Å². The zero-order chi connectivity index (χ0) is 23.1. The molecule has 0 radical (unpaired) electrons. The Bertz CT molecular complexity index is 910. The van der Waals surface area contributed by atoms with E-state index in [1.54, 1.807) is 11.0 Å². The number of nitrogens with one attached hydrogen (secondary N) is 1. The molecule has 2 atom stereocenters. The topological polar surface area (TPSA) is 61.9 Å². The predicted molar refractivity (Wildman–Crippen MR) is 119 cm³/mol. The summed E-state index contributed by atoms with van der Waals surface area (Å²) in [5.41, 5.74) is 1.14. The van der Waals surface area contributed by atoms with Gasteiger partial charge in [-0.05, 0) is 44.0 Å². The van der Waals surface area contributed by atoms with Gasteiger partial charge >= 0.3 is 6.61 Å². The minimum atomic E-state index is -3.01. The Morgan fingerprint density at radius 2 is 1.84 bits per heavy atom. The number of likely N-dealkylation sites (tertiary alicyclic amines) is 1. The molecular weight excluding hydrogens is 416 g/mol. The van der Waals surface area contributed by atoms with Crippen molar-refractivity contribution in [3.8, 4) is 5.75 Å². The number of para-hydroxylation sites is 2. The first-order valence-electron chi connectivity index (χ1n) is 10.8. The van der Waals surface area contributed by atoms with Gasteiger partial charge < -0.3 is 19.9 Å². The minimum Gasteiger partial charge on any atom is -0.434 e. The number of hydrogen-bond donors (Lipinski definition) is 1. The zero-order valence-electron chi connectivity index (χ0n) is 18.3. The van der Waals surface area contributed by atoms with Gasteiger partial charge in [-0.25, -0.2) is 0 Å². The Kier molecular flexibility index (Phi) is 8.03. The number of carbonyl (C=O) groups is 2. The van der Waals surface area contributed by atoms with Crippen molar-refractivity contribution in [2.24, 2.45) is 5.92 Å². The fourth-order valence-electron chi connectivity index (χ4n) is 3.84. The van der Waals surface area contributed by atoms with Crippen LogP contribution in [0.3, 0.4) is 0 Å². The van der Waals surface area contributed by atoms with E-state index in [0.717, 1.165) is 5.69 Å². The maximum Gasteiger partial charge on any atom is 0.387 e. The molecule has 0 aromatic heterocycles. The number of nitrogens with zero attached hydrogens (tertiary/aromatic N) is 2. The average molecular weight is 446 g/mol. The summed E-state index contributed by atoms with van der Waals surface area (Å²) in [6.07, 6.45) is 1.34. The SMILES string of the molecule is CC(CNC(=O)C1CCCN(C(=O)c2ccccc2OC(F)F)C1)N(C)c1ccccc1. The lowest BCUT2D eigenvalue weighted by Gasteiger charge is -2.33. The second kappa shape index (κ2) is 10.9. The first-order valence-corrected chi connectivity index (χ1v) is 10.8. The van der Waals surface area contributed by atoms with Crippen molar-refractivity contribution in [1.29, 1.82) is 0 Å². The number of rotatable bonds is 8. The molecule has 32 heavy (non-hydrogen) atoms. The van der Waals surface area contributed by atoms with Crippen LogP contribution in [-0.4, -0.2) is 56.0 Å². The molecule has 1 fully saturated rings. The first kappa shape index (κ1) is 23.5. The number of benzene rings is 2. The molecule has 2 unspecified atom stereocenters. The van der Waals surface area contributed by atoms with E-state index in [-0.39, 0.29) is 35.7 Å². The quantitative estimate of drug-likeness (QED) is 0.672. The third kappa shape index (κ3) is 5.96. The number of amides is 2. The highest BCUT2D eigenvalue weighted by Gasteiger charge is 2.30. The summed E-state index contributed by atoms with van der Waals surface area (Å²) in [5, 5.41) is 3.00. The van der Waals surface area contributed by atoms with Gasteiger partial charge in [0.15, 0.2) is 0 Å². The Morgan fingerprint density at radius 3 is 2.56 bits per heavy atom. The third-order valence-corrected chi connectivity index (χ3v) is 5.81. The number of piperidine rings is 1. The summed E-state index contributed by atoms with van der Waals surface area (Å²) < 4.78 is 29.9. The van der Waals surface area contributed by atoms with Crippen LogP contribution in [0.1, 0.15) is 30.1 Å². The molecule has 2 aromatic rings. The molecule has 0 aliphatic carbocycles. The van der Waals surface area contributed by atoms with Crippen molar-refractivity contribution in [3.05, 3.63) is 60.2 Å². The fraction of sp³-hybridized carbons (Fsp3) is 0.417. The van der Waals surface area contributed by atoms with Crippen LogP contribution in [-0.2, 0) is 4.79 Å². The number of likely N-dealkylation sites (N-methyl/N-ethyl adjacent to an activating group) is 1. The zero-order valence-corrected chi connectivity index (χ0v) is 18.3. The molecule has 1 saturated heterocycles. The maximum absolute atomic E-state index is 12.9. The Hall–Kier alpha value is -3.16. The second-order valence-corrected chi connectivity index (χ2v) is 8.01. The van der Waals surface area contributed by atoms with E-state index < -0.39 is 12.5 Å². The van der Waals surface area contributed by atoms with Crippen molar-refractivity contribution >= 4 is 17.5 Å². The minimum absolute atomic E-state index is 0.0759. The highest BCUT2D eigenvalue weighted by Crippen LogP contribution is 2.25. The van der Waals surface area contributed by atoms with Gasteiger partial charge in [-0.1, -0.05) is 30.3 Å². The van der Waals surface area contributed by atoms with Crippen molar-refractivity contribution in [1.82, 2.24) is 10.2 Å². The molecule has 1 heterocycles. The highest BCUT2D eigenvalue weighted by atomic mass is 19.3. The van der Waals surface area contributed by atoms with Gasteiger partial charge in [0.05, 0.1) is 11.5 Å². The van der Waals surface area contributed by atoms with Crippen LogP contribution in [0.5, 0.6) is 5.75 Å². The van der Waals surface area contributed by atoms with Crippen LogP contribution in [0.15, 0.2) is 54.6 Å². The summed E-state index contributed by atoms with van der Waals surface area (Å²) in [7, 11) is 1.98. The van der Waals surface area contributed by atoms with Crippen LogP contribution in [0.2, 0.25) is 0 Å². The smallest absolute Gasteiger partial charge is 0.387 e. The van der Waals surface area contributed by atoms with Crippen LogP contribution in [0, 0.1) is 5.92 Å². The molecule has 0 spiro atoms. The monoisotopic (exact) mass is 445 g/mol. The van der Waals surface area contributed by atoms with Gasteiger partial charge in [0.25, 0.3) is 5.91 Å². The normalized spacial score (nSPS) is 17.0. The summed E-state index contributed by atoms with van der Waals surface area (Å²) in [6, 6.07) is 15.9. The van der Waals surface area contributed by atoms with Crippen molar-refractivity contribution in [2.45, 2.75) is 32.4 Å². The lowest BCUT2D eigenvalue weighted by Crippen LogP contribution is -2.48. The lowest BCUT2D eigenvalue weighted by molar-refractivity contribution is -0.126. The number of halogens is 2. The number of anilines is 1. The highest BCUT2D eigenvalue weighted by molar-refractivity contribution is 5.97. The maximum atomic E-state index is 12.9. The van der Waals surface area contributed by atoms with Crippen molar-refractivity contribution in [2.75, 3.05) is 31.6 Å². The molecule has 6 nitrogen and oxygen atoms in total.